The molecule has 26 heavy (non-hydrogen) atoms. The molecule has 4 rings (SSSR count). The van der Waals surface area contributed by atoms with Crippen LogP contribution in [0.15, 0.2) is 54.7 Å². The Kier molecular flexibility index (Phi) is 5.26. The molecule has 1 aliphatic heterocycles. The summed E-state index contributed by atoms with van der Waals surface area (Å²) in [4.78, 5) is 6.00. The maximum absolute atomic E-state index is 9.48. The number of hydrogen-bond donors (Lipinski definition) is 2. The Labute approximate surface area is 155 Å². The second-order valence-corrected chi connectivity index (χ2v) is 7.55. The third kappa shape index (κ3) is 3.94. The summed E-state index contributed by atoms with van der Waals surface area (Å²) >= 11 is 0. The molecule has 2 aromatic carbocycles. The van der Waals surface area contributed by atoms with Gasteiger partial charge >= 0.3 is 0 Å². The van der Waals surface area contributed by atoms with E-state index in [4.69, 9.17) is 0 Å². The van der Waals surface area contributed by atoms with E-state index in [0.29, 0.717) is 11.7 Å². The number of H-pyrrole nitrogens is 1. The third-order valence-electron chi connectivity index (χ3n) is 5.72. The van der Waals surface area contributed by atoms with Crippen molar-refractivity contribution in [3.05, 3.63) is 65.9 Å². The topological polar surface area (TPSA) is 39.3 Å². The van der Waals surface area contributed by atoms with Crippen molar-refractivity contribution in [3.63, 3.8) is 0 Å². The van der Waals surface area contributed by atoms with Crippen molar-refractivity contribution in [1.82, 2.24) is 9.88 Å². The number of phenolic OH excluding ortho intramolecular Hbond substituents is 1. The average molecular weight is 348 g/mol. The number of aromatic nitrogens is 1. The van der Waals surface area contributed by atoms with E-state index >= 15 is 0 Å². The SMILES string of the molecule is Oc1ccc(C2CCCN(CCCCc3c[nH]c4ccccc34)C2)cc1. The molecule has 2 heterocycles. The fourth-order valence-corrected chi connectivity index (χ4v) is 4.27. The normalized spacial score (nSPS) is 18.4. The third-order valence-corrected chi connectivity index (χ3v) is 5.72. The molecule has 0 radical (unpaired) electrons. The van der Waals surface area contributed by atoms with Crippen LogP contribution in [0.1, 0.15) is 42.7 Å². The van der Waals surface area contributed by atoms with Gasteiger partial charge in [0, 0.05) is 23.6 Å². The first-order valence-electron chi connectivity index (χ1n) is 9.86. The predicted octanol–water partition coefficient (Wildman–Crippen LogP) is 5.08. The number of fused-ring (bicyclic) bond motifs is 1. The van der Waals surface area contributed by atoms with Crippen molar-refractivity contribution in [2.24, 2.45) is 0 Å². The number of aryl methyl sites for hydroxylation is 1. The van der Waals surface area contributed by atoms with Crippen LogP contribution in [0, 0.1) is 0 Å². The van der Waals surface area contributed by atoms with Crippen LogP contribution in [0.3, 0.4) is 0 Å². The lowest BCUT2D eigenvalue weighted by atomic mass is 9.90. The Hall–Kier alpha value is -2.26. The largest absolute Gasteiger partial charge is 0.508 e. The van der Waals surface area contributed by atoms with Gasteiger partial charge in [-0.05, 0) is 80.4 Å². The molecule has 0 spiro atoms. The van der Waals surface area contributed by atoms with Crippen LogP contribution < -0.4 is 0 Å². The molecule has 0 amide bonds. The van der Waals surface area contributed by atoms with Crippen LogP contribution in [0.25, 0.3) is 10.9 Å². The summed E-state index contributed by atoms with van der Waals surface area (Å²) in [5.74, 6) is 0.969. The lowest BCUT2D eigenvalue weighted by Gasteiger charge is -2.33. The fraction of sp³-hybridized carbons (Fsp3) is 0.391. The lowest BCUT2D eigenvalue weighted by molar-refractivity contribution is 0.204. The standard InChI is InChI=1S/C23H28N2O/c26-21-12-10-18(11-13-21)20-7-5-15-25(17-20)14-4-3-6-19-16-24-23-9-2-1-8-22(19)23/h1-2,8-13,16,20,24,26H,3-7,14-15,17H2. The number of hydrogen-bond acceptors (Lipinski definition) is 2. The van der Waals surface area contributed by atoms with Crippen LogP contribution in [-0.4, -0.2) is 34.6 Å². The zero-order valence-corrected chi connectivity index (χ0v) is 15.3. The molecule has 1 atom stereocenters. The van der Waals surface area contributed by atoms with Gasteiger partial charge in [0.15, 0.2) is 0 Å². The zero-order chi connectivity index (χ0) is 17.8. The van der Waals surface area contributed by atoms with E-state index in [9.17, 15) is 5.11 Å². The van der Waals surface area contributed by atoms with Gasteiger partial charge in [0.25, 0.3) is 0 Å². The van der Waals surface area contributed by atoms with E-state index in [-0.39, 0.29) is 0 Å². The number of nitrogens with zero attached hydrogens (tertiary/aromatic N) is 1. The van der Waals surface area contributed by atoms with Gasteiger partial charge < -0.3 is 15.0 Å². The van der Waals surface area contributed by atoms with Gasteiger partial charge in [-0.15, -0.1) is 0 Å². The van der Waals surface area contributed by atoms with E-state index in [2.05, 4.69) is 52.5 Å². The second-order valence-electron chi connectivity index (χ2n) is 7.55. The van der Waals surface area contributed by atoms with Crippen LogP contribution in [0.4, 0.5) is 0 Å². The molecule has 3 nitrogen and oxygen atoms in total. The molecule has 1 aromatic heterocycles. The Morgan fingerprint density at radius 3 is 2.77 bits per heavy atom. The first-order valence-corrected chi connectivity index (χ1v) is 9.86. The van der Waals surface area contributed by atoms with Gasteiger partial charge in [0.05, 0.1) is 0 Å². The molecule has 1 fully saturated rings. The fourth-order valence-electron chi connectivity index (χ4n) is 4.27. The van der Waals surface area contributed by atoms with E-state index in [1.165, 1.54) is 60.8 Å². The minimum absolute atomic E-state index is 0.360. The number of aromatic hydroxyl groups is 1. The zero-order valence-electron chi connectivity index (χ0n) is 15.3. The molecule has 1 aliphatic rings. The van der Waals surface area contributed by atoms with E-state index in [0.717, 1.165) is 13.0 Å². The van der Waals surface area contributed by atoms with E-state index in [1.807, 2.05) is 12.1 Å². The van der Waals surface area contributed by atoms with Crippen molar-refractivity contribution in [2.75, 3.05) is 19.6 Å². The van der Waals surface area contributed by atoms with Crippen molar-refractivity contribution >= 4 is 10.9 Å². The Balaban J connectivity index is 1.26. The molecule has 3 heteroatoms. The van der Waals surface area contributed by atoms with Crippen molar-refractivity contribution in [1.29, 1.82) is 0 Å². The Morgan fingerprint density at radius 2 is 1.88 bits per heavy atom. The molecule has 2 N–H and O–H groups in total. The van der Waals surface area contributed by atoms with Crippen LogP contribution >= 0.6 is 0 Å². The highest BCUT2D eigenvalue weighted by molar-refractivity contribution is 5.82. The van der Waals surface area contributed by atoms with Gasteiger partial charge in [-0.25, -0.2) is 0 Å². The minimum atomic E-state index is 0.360. The van der Waals surface area contributed by atoms with Gasteiger partial charge in [-0.3, -0.25) is 0 Å². The molecule has 0 bridgehead atoms. The number of para-hydroxylation sites is 1. The highest BCUT2D eigenvalue weighted by atomic mass is 16.3. The number of benzene rings is 2. The number of likely N-dealkylation sites (tertiary alicyclic amines) is 1. The molecule has 1 saturated heterocycles. The summed E-state index contributed by atoms with van der Waals surface area (Å²) < 4.78 is 0. The van der Waals surface area contributed by atoms with E-state index < -0.39 is 0 Å². The molecule has 3 aromatic rings. The number of aromatic amines is 1. The Morgan fingerprint density at radius 1 is 1.04 bits per heavy atom. The molecule has 1 unspecified atom stereocenters. The lowest BCUT2D eigenvalue weighted by Crippen LogP contribution is -2.35. The first-order chi connectivity index (χ1) is 12.8. The highest BCUT2D eigenvalue weighted by Gasteiger charge is 2.20. The number of piperidine rings is 1. The first kappa shape index (κ1) is 17.2. The van der Waals surface area contributed by atoms with Crippen molar-refractivity contribution in [2.45, 2.75) is 38.0 Å². The monoisotopic (exact) mass is 348 g/mol. The molecule has 0 saturated carbocycles. The van der Waals surface area contributed by atoms with Crippen molar-refractivity contribution in [3.8, 4) is 5.75 Å². The second kappa shape index (κ2) is 7.96. The van der Waals surface area contributed by atoms with Crippen LogP contribution in [0.5, 0.6) is 5.75 Å². The number of rotatable bonds is 6. The maximum atomic E-state index is 9.48. The summed E-state index contributed by atoms with van der Waals surface area (Å²) in [6.07, 6.45) is 8.35. The molecule has 136 valence electrons. The summed E-state index contributed by atoms with van der Waals surface area (Å²) in [5.41, 5.74) is 4.06. The van der Waals surface area contributed by atoms with Crippen LogP contribution in [-0.2, 0) is 6.42 Å². The smallest absolute Gasteiger partial charge is 0.115 e. The summed E-state index contributed by atoms with van der Waals surface area (Å²) in [6, 6.07) is 16.4. The van der Waals surface area contributed by atoms with Crippen LogP contribution in [0.2, 0.25) is 0 Å². The van der Waals surface area contributed by atoms with Gasteiger partial charge in [-0.1, -0.05) is 30.3 Å². The van der Waals surface area contributed by atoms with Gasteiger partial charge in [-0.2, -0.15) is 0 Å². The predicted molar refractivity (Wildman–Crippen MR) is 108 cm³/mol. The highest BCUT2D eigenvalue weighted by Crippen LogP contribution is 2.28. The van der Waals surface area contributed by atoms with Crippen molar-refractivity contribution < 1.29 is 5.11 Å². The summed E-state index contributed by atoms with van der Waals surface area (Å²) in [6.45, 7) is 3.57. The molecular formula is C23H28N2O. The number of nitrogens with one attached hydrogen (secondary N) is 1. The average Bonchev–Trinajstić information content (AvgIpc) is 3.09. The number of phenols is 1. The summed E-state index contributed by atoms with van der Waals surface area (Å²) in [7, 11) is 0. The molecule has 0 aliphatic carbocycles. The molecular weight excluding hydrogens is 320 g/mol. The van der Waals surface area contributed by atoms with Gasteiger partial charge in [0.1, 0.15) is 5.75 Å². The maximum Gasteiger partial charge on any atom is 0.115 e. The quantitative estimate of drug-likeness (QED) is 0.610. The number of unbranched alkanes of at least 4 members (excludes halogenated alkanes) is 1. The Bertz CT molecular complexity index is 837. The van der Waals surface area contributed by atoms with Gasteiger partial charge in [0.2, 0.25) is 0 Å². The van der Waals surface area contributed by atoms with E-state index in [1.54, 1.807) is 0 Å². The minimum Gasteiger partial charge on any atom is -0.508 e. The summed E-state index contributed by atoms with van der Waals surface area (Å²) in [5, 5.41) is 10.9.